The normalized spacial score (nSPS) is 17.2. The van der Waals surface area contributed by atoms with E-state index in [1.165, 1.54) is 0 Å². The molecule has 5 heteroatoms. The van der Waals surface area contributed by atoms with Crippen molar-refractivity contribution in [1.29, 1.82) is 0 Å². The summed E-state index contributed by atoms with van der Waals surface area (Å²) in [5.41, 5.74) is 0. The Morgan fingerprint density at radius 1 is 1.56 bits per heavy atom. The molecule has 0 saturated heterocycles. The molecule has 0 aromatic heterocycles. The Kier molecular flexibility index (Phi) is 1.20. The van der Waals surface area contributed by atoms with Gasteiger partial charge in [0.1, 0.15) is 0 Å². The van der Waals surface area contributed by atoms with Gasteiger partial charge in [-0.05, 0) is 0 Å². The Morgan fingerprint density at radius 2 is 2.22 bits per heavy atom. The average molecular weight is 130 g/mol. The van der Waals surface area contributed by atoms with Gasteiger partial charge >= 0.3 is 11.9 Å². The fourth-order valence-corrected chi connectivity index (χ4v) is 0.401. The number of hydrogen-bond acceptors (Lipinski definition) is 5. The Hall–Kier alpha value is -1.36. The topological polar surface area (TPSA) is 72.8 Å². The number of hydrogen-bond donors (Lipinski definition) is 1. The molecule has 48 valence electrons. The summed E-state index contributed by atoms with van der Waals surface area (Å²) < 4.78 is 3.91. The highest BCUT2D eigenvalue weighted by molar-refractivity contribution is 6.07. The predicted molar refractivity (Wildman–Crippen MR) is 22.9 cm³/mol. The van der Waals surface area contributed by atoms with E-state index in [0.29, 0.717) is 0 Å². The van der Waals surface area contributed by atoms with Crippen molar-refractivity contribution in [3.8, 4) is 0 Å². The lowest BCUT2D eigenvalue weighted by molar-refractivity contribution is -0.208. The van der Waals surface area contributed by atoms with Crippen molar-refractivity contribution in [3.05, 3.63) is 11.8 Å². The Morgan fingerprint density at radius 3 is 2.44 bits per heavy atom. The summed E-state index contributed by atoms with van der Waals surface area (Å²) >= 11 is 0. The summed E-state index contributed by atoms with van der Waals surface area (Å²) in [4.78, 5) is 23.8. The molecule has 1 N–H and O–H groups in total. The highest BCUT2D eigenvalue weighted by atomic mass is 17.1. The van der Waals surface area contributed by atoms with Crippen molar-refractivity contribution in [2.45, 2.75) is 0 Å². The van der Waals surface area contributed by atoms with Gasteiger partial charge < -0.3 is 9.62 Å². The molecule has 1 heterocycles. The van der Waals surface area contributed by atoms with E-state index in [4.69, 9.17) is 5.26 Å². The third-order valence-corrected chi connectivity index (χ3v) is 0.742. The second-order valence-electron chi connectivity index (χ2n) is 1.31. The number of esters is 2. The second kappa shape index (κ2) is 1.87. The maximum Gasteiger partial charge on any atom is 0.385 e. The van der Waals surface area contributed by atoms with Crippen LogP contribution in [0.4, 0.5) is 0 Å². The molecule has 1 rings (SSSR count). The lowest BCUT2D eigenvalue weighted by atomic mass is 10.5. The van der Waals surface area contributed by atoms with Crippen molar-refractivity contribution in [2.75, 3.05) is 0 Å². The third kappa shape index (κ3) is 0.895. The van der Waals surface area contributed by atoms with E-state index in [0.717, 1.165) is 6.08 Å². The first-order valence-electron chi connectivity index (χ1n) is 2.03. The lowest BCUT2D eigenvalue weighted by Gasteiger charge is -1.88. The molecule has 0 fully saturated rings. The van der Waals surface area contributed by atoms with Crippen LogP contribution >= 0.6 is 0 Å². The van der Waals surface area contributed by atoms with Crippen molar-refractivity contribution >= 4 is 11.9 Å². The fourth-order valence-electron chi connectivity index (χ4n) is 0.401. The predicted octanol–water partition coefficient (Wildman–Crippen LogP) is -0.557. The molecule has 0 spiro atoms. The summed E-state index contributed by atoms with van der Waals surface area (Å²) in [5.74, 6) is -2.29. The van der Waals surface area contributed by atoms with Gasteiger partial charge in [0.05, 0.1) is 6.08 Å². The Balaban J connectivity index is 2.80. The van der Waals surface area contributed by atoms with E-state index < -0.39 is 17.7 Å². The van der Waals surface area contributed by atoms with Crippen LogP contribution in [0.3, 0.4) is 0 Å². The molecular formula is C4H2O5. The number of carbonyl (C=O) groups is 2. The maximum absolute atomic E-state index is 10.2. The molecule has 0 unspecified atom stereocenters. The van der Waals surface area contributed by atoms with E-state index >= 15 is 0 Å². The Labute approximate surface area is 49.4 Å². The number of rotatable bonds is 1. The van der Waals surface area contributed by atoms with Crippen LogP contribution in [0.25, 0.3) is 0 Å². The first-order chi connectivity index (χ1) is 4.24. The summed E-state index contributed by atoms with van der Waals surface area (Å²) in [6.45, 7) is 0. The van der Waals surface area contributed by atoms with Crippen LogP contribution in [-0.2, 0) is 19.2 Å². The van der Waals surface area contributed by atoms with E-state index in [1.54, 1.807) is 0 Å². The molecule has 0 radical (unpaired) electrons. The van der Waals surface area contributed by atoms with Gasteiger partial charge in [-0.2, -0.15) is 0 Å². The Bertz CT molecular complexity index is 191. The molecule has 5 nitrogen and oxygen atoms in total. The first-order valence-corrected chi connectivity index (χ1v) is 2.03. The molecule has 0 atom stereocenters. The summed E-state index contributed by atoms with van der Waals surface area (Å²) in [7, 11) is 0. The van der Waals surface area contributed by atoms with E-state index in [2.05, 4.69) is 9.62 Å². The van der Waals surface area contributed by atoms with Gasteiger partial charge in [0.25, 0.3) is 5.76 Å². The van der Waals surface area contributed by atoms with Crippen molar-refractivity contribution in [3.63, 3.8) is 0 Å². The zero-order valence-electron chi connectivity index (χ0n) is 4.16. The van der Waals surface area contributed by atoms with Crippen molar-refractivity contribution in [1.82, 2.24) is 0 Å². The molecule has 0 aliphatic carbocycles. The van der Waals surface area contributed by atoms with E-state index in [9.17, 15) is 9.59 Å². The van der Waals surface area contributed by atoms with Crippen LogP contribution in [-0.4, -0.2) is 17.2 Å². The minimum atomic E-state index is -0.970. The highest BCUT2D eigenvalue weighted by Crippen LogP contribution is 2.06. The molecule has 0 aromatic carbocycles. The average Bonchev–Trinajstić information content (AvgIpc) is 2.10. The quantitative estimate of drug-likeness (QED) is 0.223. The van der Waals surface area contributed by atoms with Crippen LogP contribution in [0.15, 0.2) is 11.8 Å². The summed E-state index contributed by atoms with van der Waals surface area (Å²) in [6, 6.07) is 0. The third-order valence-electron chi connectivity index (χ3n) is 0.742. The maximum atomic E-state index is 10.2. The van der Waals surface area contributed by atoms with Gasteiger partial charge in [-0.25, -0.2) is 14.8 Å². The lowest BCUT2D eigenvalue weighted by Crippen LogP contribution is -2.02. The van der Waals surface area contributed by atoms with Gasteiger partial charge in [-0.1, -0.05) is 0 Å². The van der Waals surface area contributed by atoms with Crippen LogP contribution in [0, 0.1) is 0 Å². The monoisotopic (exact) mass is 130 g/mol. The second-order valence-corrected chi connectivity index (χ2v) is 1.31. The zero-order valence-corrected chi connectivity index (χ0v) is 4.16. The van der Waals surface area contributed by atoms with Gasteiger partial charge in [0.2, 0.25) is 0 Å². The number of carbonyl (C=O) groups excluding carboxylic acids is 2. The zero-order chi connectivity index (χ0) is 6.85. The van der Waals surface area contributed by atoms with Crippen molar-refractivity contribution < 1.29 is 24.5 Å². The molecule has 0 aromatic rings. The van der Waals surface area contributed by atoms with Crippen LogP contribution in [0.1, 0.15) is 0 Å². The number of cyclic esters (lactones) is 2. The minimum Gasteiger partial charge on any atom is -0.384 e. The van der Waals surface area contributed by atoms with E-state index in [-0.39, 0.29) is 0 Å². The standard InChI is InChI=1S/C4H2O5/c5-3-1-2(9-7)4(6)8-3/h1,7H. The molecule has 0 amide bonds. The SMILES string of the molecule is O=C1C=C(OO)C(=O)O1. The first kappa shape index (κ1) is 5.77. The van der Waals surface area contributed by atoms with Crippen molar-refractivity contribution in [2.24, 2.45) is 0 Å². The van der Waals surface area contributed by atoms with Gasteiger partial charge in [-0.15, -0.1) is 0 Å². The van der Waals surface area contributed by atoms with Gasteiger partial charge in [-0.3, -0.25) is 0 Å². The van der Waals surface area contributed by atoms with Gasteiger partial charge in [0, 0.05) is 0 Å². The van der Waals surface area contributed by atoms with Crippen LogP contribution in [0.2, 0.25) is 0 Å². The molecule has 0 saturated carbocycles. The van der Waals surface area contributed by atoms with E-state index in [1.807, 2.05) is 0 Å². The molecule has 0 bridgehead atoms. The molecule has 9 heavy (non-hydrogen) atoms. The van der Waals surface area contributed by atoms with Crippen LogP contribution < -0.4 is 0 Å². The van der Waals surface area contributed by atoms with Gasteiger partial charge in [0.15, 0.2) is 0 Å². The molecular weight excluding hydrogens is 128 g/mol. The minimum absolute atomic E-state index is 0.486. The van der Waals surface area contributed by atoms with Crippen LogP contribution in [0.5, 0.6) is 0 Å². The summed E-state index contributed by atoms with van der Waals surface area (Å²) in [6.07, 6.45) is 0.752. The molecule has 1 aliphatic heterocycles. The highest BCUT2D eigenvalue weighted by Gasteiger charge is 2.25. The summed E-state index contributed by atoms with van der Waals surface area (Å²) in [5, 5.41) is 7.83. The molecule has 1 aliphatic rings. The fraction of sp³-hybridized carbons (Fsp3) is 0. The largest absolute Gasteiger partial charge is 0.385 e. The smallest absolute Gasteiger partial charge is 0.384 e. The number of ether oxygens (including phenoxy) is 1.